The average molecular weight is 298 g/mol. The van der Waals surface area contributed by atoms with Gasteiger partial charge in [0, 0.05) is 0 Å². The smallest absolute Gasteiger partial charge is 0.416 e. The normalized spacial score (nSPS) is 25.1. The summed E-state index contributed by atoms with van der Waals surface area (Å²) in [7, 11) is 0. The van der Waals surface area contributed by atoms with Crippen molar-refractivity contribution >= 4 is 12.4 Å². The van der Waals surface area contributed by atoms with E-state index in [-0.39, 0.29) is 35.9 Å². The van der Waals surface area contributed by atoms with Gasteiger partial charge in [0.15, 0.2) is 0 Å². The summed E-state index contributed by atoms with van der Waals surface area (Å²) in [6.07, 6.45) is -3.21. The highest BCUT2D eigenvalue weighted by molar-refractivity contribution is 5.85. The molecule has 1 aromatic carbocycles. The number of hydrogen-bond donors (Lipinski definition) is 1. The Labute approximate surface area is 113 Å². The van der Waals surface area contributed by atoms with E-state index in [2.05, 4.69) is 5.32 Å². The second-order valence-corrected chi connectivity index (χ2v) is 4.60. The molecule has 3 rings (SSSR count). The molecule has 0 spiro atoms. The third-order valence-electron chi connectivity index (χ3n) is 3.41. The molecule has 0 amide bonds. The number of ether oxygens (including phenoxy) is 1. The summed E-state index contributed by atoms with van der Waals surface area (Å²) in [5.41, 5.74) is -0.773. The fraction of sp³-hybridized carbons (Fsp3) is 0.500. The Bertz CT molecular complexity index is 491. The fourth-order valence-electron chi connectivity index (χ4n) is 2.59. The van der Waals surface area contributed by atoms with Gasteiger partial charge in [0.1, 0.15) is 17.7 Å². The van der Waals surface area contributed by atoms with Crippen LogP contribution in [-0.2, 0) is 6.18 Å². The minimum atomic E-state index is -4.56. The molecule has 1 saturated heterocycles. The molecule has 7 heteroatoms. The number of fused-ring (bicyclic) bond motifs is 3. The summed E-state index contributed by atoms with van der Waals surface area (Å²) in [4.78, 5) is 0. The van der Waals surface area contributed by atoms with Gasteiger partial charge in [-0.25, -0.2) is 4.39 Å². The Morgan fingerprint density at radius 2 is 2.00 bits per heavy atom. The van der Waals surface area contributed by atoms with Crippen molar-refractivity contribution in [2.45, 2.75) is 31.2 Å². The molecular formula is C12H12ClF4NO. The number of nitrogens with one attached hydrogen (secondary N) is 1. The minimum absolute atomic E-state index is 0. The first-order valence-corrected chi connectivity index (χ1v) is 5.77. The van der Waals surface area contributed by atoms with E-state index in [0.717, 1.165) is 25.5 Å². The number of rotatable bonds is 0. The molecule has 106 valence electrons. The molecule has 2 aliphatic heterocycles. The van der Waals surface area contributed by atoms with Crippen LogP contribution in [0.15, 0.2) is 12.1 Å². The van der Waals surface area contributed by atoms with Crippen molar-refractivity contribution in [3.8, 4) is 5.75 Å². The standard InChI is InChI=1S/C12H11F4NO.ClH/c13-7-4-6(12(14,15)16)5-9-10(7)11-8(18-9)2-1-3-17-11;/h4-5,8,11,17H,1-3H2;1H/t8-,11+;/m0./s1. The van der Waals surface area contributed by atoms with E-state index in [1.54, 1.807) is 0 Å². The molecule has 2 aliphatic rings. The predicted octanol–water partition coefficient (Wildman–Crippen LogP) is 3.45. The lowest BCUT2D eigenvalue weighted by atomic mass is 9.95. The molecule has 0 radical (unpaired) electrons. The predicted molar refractivity (Wildman–Crippen MR) is 63.0 cm³/mol. The van der Waals surface area contributed by atoms with Crippen LogP contribution >= 0.6 is 12.4 Å². The topological polar surface area (TPSA) is 21.3 Å². The summed E-state index contributed by atoms with van der Waals surface area (Å²) in [6.45, 7) is 0.727. The van der Waals surface area contributed by atoms with Crippen LogP contribution in [0.25, 0.3) is 0 Å². The summed E-state index contributed by atoms with van der Waals surface area (Å²) in [5, 5.41) is 3.09. The van der Waals surface area contributed by atoms with Crippen molar-refractivity contribution in [3.63, 3.8) is 0 Å². The van der Waals surface area contributed by atoms with Gasteiger partial charge in [0.2, 0.25) is 0 Å². The molecule has 1 fully saturated rings. The van der Waals surface area contributed by atoms with Gasteiger partial charge in [0.25, 0.3) is 0 Å². The molecule has 2 nitrogen and oxygen atoms in total. The Morgan fingerprint density at radius 3 is 2.68 bits per heavy atom. The van der Waals surface area contributed by atoms with Gasteiger partial charge in [-0.05, 0) is 31.5 Å². The average Bonchev–Trinajstić information content (AvgIpc) is 2.66. The van der Waals surface area contributed by atoms with E-state index in [1.807, 2.05) is 0 Å². The number of piperidine rings is 1. The van der Waals surface area contributed by atoms with Crippen molar-refractivity contribution in [2.75, 3.05) is 6.54 Å². The number of alkyl halides is 3. The van der Waals surface area contributed by atoms with Crippen molar-refractivity contribution < 1.29 is 22.3 Å². The van der Waals surface area contributed by atoms with Gasteiger partial charge >= 0.3 is 6.18 Å². The summed E-state index contributed by atoms with van der Waals surface area (Å²) in [5.74, 6) is -0.826. The molecule has 1 aromatic rings. The third kappa shape index (κ3) is 2.39. The zero-order chi connectivity index (χ0) is 12.9. The van der Waals surface area contributed by atoms with E-state index in [9.17, 15) is 17.6 Å². The van der Waals surface area contributed by atoms with Gasteiger partial charge in [-0.1, -0.05) is 0 Å². The lowest BCUT2D eigenvalue weighted by Crippen LogP contribution is -2.37. The summed E-state index contributed by atoms with van der Waals surface area (Å²) >= 11 is 0. The first-order valence-electron chi connectivity index (χ1n) is 5.77. The van der Waals surface area contributed by atoms with Crippen LogP contribution in [0.5, 0.6) is 5.75 Å². The summed E-state index contributed by atoms with van der Waals surface area (Å²) < 4.78 is 57.0. The molecule has 1 N–H and O–H groups in total. The highest BCUT2D eigenvalue weighted by Gasteiger charge is 2.41. The Kier molecular flexibility index (Phi) is 3.66. The van der Waals surface area contributed by atoms with Crippen LogP contribution in [0.1, 0.15) is 30.0 Å². The zero-order valence-corrected chi connectivity index (χ0v) is 10.6. The Morgan fingerprint density at radius 1 is 1.26 bits per heavy atom. The monoisotopic (exact) mass is 297 g/mol. The number of benzene rings is 1. The van der Waals surface area contributed by atoms with Crippen LogP contribution < -0.4 is 10.1 Å². The minimum Gasteiger partial charge on any atom is -0.488 e. The maximum Gasteiger partial charge on any atom is 0.416 e. The van der Waals surface area contributed by atoms with Crippen LogP contribution in [0.3, 0.4) is 0 Å². The van der Waals surface area contributed by atoms with E-state index in [4.69, 9.17) is 4.74 Å². The quantitative estimate of drug-likeness (QED) is 0.741. The van der Waals surface area contributed by atoms with E-state index >= 15 is 0 Å². The lowest BCUT2D eigenvalue weighted by molar-refractivity contribution is -0.137. The fourth-order valence-corrected chi connectivity index (χ4v) is 2.59. The van der Waals surface area contributed by atoms with Crippen molar-refractivity contribution in [2.24, 2.45) is 0 Å². The SMILES string of the molecule is Cl.Fc1cc(C(F)(F)F)cc2c1[C@@H]1NCCC[C@@H]1O2. The van der Waals surface area contributed by atoms with Crippen molar-refractivity contribution in [3.05, 3.63) is 29.1 Å². The second-order valence-electron chi connectivity index (χ2n) is 4.60. The molecule has 2 atom stereocenters. The second kappa shape index (κ2) is 4.83. The van der Waals surface area contributed by atoms with Crippen LogP contribution in [0, 0.1) is 5.82 Å². The van der Waals surface area contributed by atoms with Gasteiger partial charge in [-0.2, -0.15) is 13.2 Å². The molecule has 19 heavy (non-hydrogen) atoms. The van der Waals surface area contributed by atoms with E-state index in [0.29, 0.717) is 6.07 Å². The maximum absolute atomic E-state index is 13.8. The van der Waals surface area contributed by atoms with Crippen LogP contribution in [0.2, 0.25) is 0 Å². The third-order valence-corrected chi connectivity index (χ3v) is 3.41. The molecule has 2 heterocycles. The number of halogens is 5. The Hall–Kier alpha value is -1.01. The van der Waals surface area contributed by atoms with Crippen LogP contribution in [0.4, 0.5) is 17.6 Å². The first-order chi connectivity index (χ1) is 8.47. The van der Waals surface area contributed by atoms with Crippen molar-refractivity contribution in [1.29, 1.82) is 0 Å². The molecule has 0 aliphatic carbocycles. The van der Waals surface area contributed by atoms with Gasteiger partial charge in [0.05, 0.1) is 17.2 Å². The molecule has 0 saturated carbocycles. The highest BCUT2D eigenvalue weighted by atomic mass is 35.5. The largest absolute Gasteiger partial charge is 0.488 e. The van der Waals surface area contributed by atoms with Crippen molar-refractivity contribution in [1.82, 2.24) is 5.32 Å². The van der Waals surface area contributed by atoms with E-state index in [1.165, 1.54) is 0 Å². The Balaban J connectivity index is 0.00000133. The van der Waals surface area contributed by atoms with Gasteiger partial charge in [-0.15, -0.1) is 12.4 Å². The lowest BCUT2D eigenvalue weighted by Gasteiger charge is -2.25. The van der Waals surface area contributed by atoms with Gasteiger partial charge in [-0.3, -0.25) is 0 Å². The van der Waals surface area contributed by atoms with E-state index < -0.39 is 17.6 Å². The molecule has 0 bridgehead atoms. The molecule has 0 aromatic heterocycles. The molecular weight excluding hydrogens is 286 g/mol. The zero-order valence-electron chi connectivity index (χ0n) is 9.76. The first kappa shape index (κ1) is 14.4. The molecule has 0 unspecified atom stereocenters. The van der Waals surface area contributed by atoms with Crippen LogP contribution in [-0.4, -0.2) is 12.6 Å². The number of hydrogen-bond acceptors (Lipinski definition) is 2. The maximum atomic E-state index is 13.8. The van der Waals surface area contributed by atoms with Gasteiger partial charge < -0.3 is 10.1 Å². The summed E-state index contributed by atoms with van der Waals surface area (Å²) in [6, 6.07) is 1.11. The highest BCUT2D eigenvalue weighted by Crippen LogP contribution is 2.44.